The first-order chi connectivity index (χ1) is 24.6. The first kappa shape index (κ1) is 36.7. The summed E-state index contributed by atoms with van der Waals surface area (Å²) < 4.78 is 35.7. The van der Waals surface area contributed by atoms with Gasteiger partial charge in [-0.15, -0.1) is 0 Å². The Labute approximate surface area is 299 Å². The SMILES string of the molecule is Cc1ccc(S(=O)(=O)N(C(=O)[C@H](Cc2ccccc2)NC(=O)[C@@H](N)Cc2ccccc2)[C@@H](Cc2ccccc2)C(=O)OCc2ccccc2)cc1. The minimum atomic E-state index is -4.71. The smallest absolute Gasteiger partial charge is 0.330 e. The van der Waals surface area contributed by atoms with Crippen LogP contribution in [-0.2, 0) is 55.0 Å². The zero-order chi connectivity index (χ0) is 36.2. The lowest BCUT2D eigenvalue weighted by atomic mass is 10.0. The van der Waals surface area contributed by atoms with Crippen molar-refractivity contribution >= 4 is 27.8 Å². The fraction of sp³-hybridized carbons (Fsp3) is 0.195. The second kappa shape index (κ2) is 17.4. The van der Waals surface area contributed by atoms with Gasteiger partial charge in [0, 0.05) is 12.8 Å². The van der Waals surface area contributed by atoms with Crippen LogP contribution in [0.25, 0.3) is 0 Å². The van der Waals surface area contributed by atoms with E-state index in [1.807, 2.05) is 49.4 Å². The van der Waals surface area contributed by atoms with Gasteiger partial charge in [-0.1, -0.05) is 139 Å². The third-order valence-corrected chi connectivity index (χ3v) is 10.2. The Morgan fingerprint density at radius 2 is 1.10 bits per heavy atom. The van der Waals surface area contributed by atoms with Gasteiger partial charge >= 0.3 is 5.97 Å². The lowest BCUT2D eigenvalue weighted by molar-refractivity contribution is -0.153. The van der Waals surface area contributed by atoms with Crippen LogP contribution in [0.15, 0.2) is 150 Å². The molecule has 5 rings (SSSR count). The molecule has 2 amide bonds. The van der Waals surface area contributed by atoms with Crippen molar-refractivity contribution in [3.05, 3.63) is 173 Å². The molecule has 51 heavy (non-hydrogen) atoms. The number of amides is 2. The highest BCUT2D eigenvalue weighted by molar-refractivity contribution is 7.89. The molecule has 0 aromatic heterocycles. The highest BCUT2D eigenvalue weighted by atomic mass is 32.2. The van der Waals surface area contributed by atoms with Gasteiger partial charge in [-0.25, -0.2) is 17.5 Å². The summed E-state index contributed by atoms with van der Waals surface area (Å²) in [5, 5.41) is 2.74. The molecule has 0 bridgehead atoms. The van der Waals surface area contributed by atoms with E-state index in [1.165, 1.54) is 12.1 Å². The standard InChI is InChI=1S/C41H41N3O6S/c1-30-22-24-35(25-23-30)51(48,49)44(38(28-33-18-10-4-11-19-33)41(47)50-29-34-20-12-5-13-21-34)40(46)37(27-32-16-8-3-9-17-32)43-39(45)36(42)26-31-14-6-2-7-15-31/h2-25,36-38H,26-29,42H2,1H3,(H,43,45)/t36-,37-,38-/m0/s1. The Morgan fingerprint density at radius 1 is 0.647 bits per heavy atom. The van der Waals surface area contributed by atoms with E-state index >= 15 is 0 Å². The monoisotopic (exact) mass is 703 g/mol. The average molecular weight is 704 g/mol. The van der Waals surface area contributed by atoms with E-state index in [4.69, 9.17) is 10.5 Å². The number of rotatable bonds is 15. The largest absolute Gasteiger partial charge is 0.459 e. The molecule has 3 atom stereocenters. The zero-order valence-corrected chi connectivity index (χ0v) is 29.1. The summed E-state index contributed by atoms with van der Waals surface area (Å²) in [5.41, 5.74) is 9.90. The second-order valence-electron chi connectivity index (χ2n) is 12.3. The maximum atomic E-state index is 14.9. The molecule has 0 aliphatic heterocycles. The molecular weight excluding hydrogens is 663 g/mol. The molecule has 0 heterocycles. The van der Waals surface area contributed by atoms with Crippen molar-refractivity contribution in [2.24, 2.45) is 5.73 Å². The zero-order valence-electron chi connectivity index (χ0n) is 28.3. The van der Waals surface area contributed by atoms with Crippen LogP contribution < -0.4 is 11.1 Å². The number of hydrogen-bond acceptors (Lipinski definition) is 7. The summed E-state index contributed by atoms with van der Waals surface area (Å²) in [6, 6.07) is 37.8. The van der Waals surface area contributed by atoms with Crippen LogP contribution in [0, 0.1) is 6.92 Å². The van der Waals surface area contributed by atoms with Crippen LogP contribution in [0.4, 0.5) is 0 Å². The first-order valence-electron chi connectivity index (χ1n) is 16.6. The van der Waals surface area contributed by atoms with Gasteiger partial charge in [0.15, 0.2) is 0 Å². The number of aryl methyl sites for hydroxylation is 1. The predicted molar refractivity (Wildman–Crippen MR) is 196 cm³/mol. The number of carbonyl (C=O) groups is 3. The molecule has 9 nitrogen and oxygen atoms in total. The minimum absolute atomic E-state index is 0.0689. The Kier molecular flexibility index (Phi) is 12.5. The quantitative estimate of drug-likeness (QED) is 0.144. The fourth-order valence-corrected chi connectivity index (χ4v) is 7.20. The van der Waals surface area contributed by atoms with Gasteiger partial charge in [0.2, 0.25) is 5.91 Å². The molecular formula is C41H41N3O6S. The summed E-state index contributed by atoms with van der Waals surface area (Å²) in [6.07, 6.45) is -0.0575. The summed E-state index contributed by atoms with van der Waals surface area (Å²) in [7, 11) is -4.71. The summed E-state index contributed by atoms with van der Waals surface area (Å²) in [5.74, 6) is -2.57. The summed E-state index contributed by atoms with van der Waals surface area (Å²) >= 11 is 0. The lowest BCUT2D eigenvalue weighted by Crippen LogP contribution is -2.59. The van der Waals surface area contributed by atoms with Crippen LogP contribution in [0.3, 0.4) is 0 Å². The van der Waals surface area contributed by atoms with Crippen LogP contribution >= 0.6 is 0 Å². The molecule has 262 valence electrons. The Hall–Kier alpha value is -5.58. The maximum absolute atomic E-state index is 14.9. The molecule has 0 saturated carbocycles. The molecule has 0 radical (unpaired) electrons. The van der Waals surface area contributed by atoms with Crippen molar-refractivity contribution < 1.29 is 27.5 Å². The number of benzene rings is 5. The summed E-state index contributed by atoms with van der Waals surface area (Å²) in [6.45, 7) is 1.67. The maximum Gasteiger partial charge on any atom is 0.330 e. The van der Waals surface area contributed by atoms with Crippen molar-refractivity contribution in [2.75, 3.05) is 0 Å². The van der Waals surface area contributed by atoms with Crippen molar-refractivity contribution in [3.8, 4) is 0 Å². The number of nitrogens with two attached hydrogens (primary N) is 1. The van der Waals surface area contributed by atoms with E-state index in [0.29, 0.717) is 21.0 Å². The molecule has 10 heteroatoms. The summed E-state index contributed by atoms with van der Waals surface area (Å²) in [4.78, 5) is 42.5. The molecule has 0 aliphatic rings. The number of esters is 1. The number of carbonyl (C=O) groups excluding carboxylic acids is 3. The van der Waals surface area contributed by atoms with Crippen molar-refractivity contribution in [3.63, 3.8) is 0 Å². The minimum Gasteiger partial charge on any atom is -0.459 e. The first-order valence-corrected chi connectivity index (χ1v) is 18.1. The number of hydrogen-bond donors (Lipinski definition) is 2. The average Bonchev–Trinajstić information content (AvgIpc) is 3.15. The number of ether oxygens (including phenoxy) is 1. The normalized spacial score (nSPS) is 13.0. The van der Waals surface area contributed by atoms with E-state index in [-0.39, 0.29) is 30.8 Å². The van der Waals surface area contributed by atoms with Crippen LogP contribution in [0.2, 0.25) is 0 Å². The van der Waals surface area contributed by atoms with E-state index in [1.54, 1.807) is 91.0 Å². The number of nitrogens with one attached hydrogen (secondary N) is 1. The molecule has 0 unspecified atom stereocenters. The number of sulfonamides is 1. The topological polar surface area (TPSA) is 136 Å². The molecule has 0 aliphatic carbocycles. The van der Waals surface area contributed by atoms with Crippen molar-refractivity contribution in [1.29, 1.82) is 0 Å². The van der Waals surface area contributed by atoms with Crippen molar-refractivity contribution in [2.45, 2.75) is 55.8 Å². The molecule has 0 saturated heterocycles. The molecule has 3 N–H and O–H groups in total. The molecule has 0 fully saturated rings. The Balaban J connectivity index is 1.58. The second-order valence-corrected chi connectivity index (χ2v) is 14.1. The Bertz CT molecular complexity index is 1990. The fourth-order valence-electron chi connectivity index (χ4n) is 5.63. The van der Waals surface area contributed by atoms with E-state index < -0.39 is 45.9 Å². The van der Waals surface area contributed by atoms with Crippen LogP contribution in [0.5, 0.6) is 0 Å². The van der Waals surface area contributed by atoms with Gasteiger partial charge in [-0.3, -0.25) is 9.59 Å². The van der Waals surface area contributed by atoms with Crippen molar-refractivity contribution in [1.82, 2.24) is 9.62 Å². The highest BCUT2D eigenvalue weighted by Gasteiger charge is 2.44. The number of nitrogens with zero attached hydrogens (tertiary/aromatic N) is 1. The van der Waals surface area contributed by atoms with Gasteiger partial charge in [-0.2, -0.15) is 0 Å². The van der Waals surface area contributed by atoms with E-state index in [2.05, 4.69) is 5.32 Å². The van der Waals surface area contributed by atoms with Crippen LogP contribution in [0.1, 0.15) is 27.8 Å². The lowest BCUT2D eigenvalue weighted by Gasteiger charge is -2.33. The molecule has 0 spiro atoms. The third-order valence-electron chi connectivity index (χ3n) is 8.38. The van der Waals surface area contributed by atoms with Crippen LogP contribution in [-0.4, -0.2) is 48.6 Å². The molecule has 5 aromatic carbocycles. The van der Waals surface area contributed by atoms with Gasteiger partial charge in [-0.05, 0) is 47.7 Å². The molecule has 5 aromatic rings. The predicted octanol–water partition coefficient (Wildman–Crippen LogP) is 5.16. The van der Waals surface area contributed by atoms with Gasteiger partial charge in [0.1, 0.15) is 18.7 Å². The van der Waals surface area contributed by atoms with Gasteiger partial charge in [0.25, 0.3) is 15.9 Å². The Morgan fingerprint density at radius 3 is 1.61 bits per heavy atom. The van der Waals surface area contributed by atoms with E-state index in [0.717, 1.165) is 11.1 Å². The van der Waals surface area contributed by atoms with E-state index in [9.17, 15) is 22.8 Å². The third kappa shape index (κ3) is 10.00. The van der Waals surface area contributed by atoms with Gasteiger partial charge < -0.3 is 15.8 Å². The highest BCUT2D eigenvalue weighted by Crippen LogP contribution is 2.25. The van der Waals surface area contributed by atoms with Gasteiger partial charge in [0.05, 0.1) is 10.9 Å².